The van der Waals surface area contributed by atoms with E-state index in [0.717, 1.165) is 21.3 Å². The molecule has 8 aromatic rings. The van der Waals surface area contributed by atoms with Gasteiger partial charge in [-0.15, -0.1) is 0 Å². The van der Waals surface area contributed by atoms with E-state index in [9.17, 15) is 76.3 Å². The van der Waals surface area contributed by atoms with Gasteiger partial charge in [0.1, 0.15) is 90.1 Å². The molecule has 131 heavy (non-hydrogen) atoms. The molecule has 16 atom stereocenters. The Hall–Kier alpha value is -9.09. The van der Waals surface area contributed by atoms with Crippen molar-refractivity contribution in [2.45, 2.75) is 265 Å². The lowest BCUT2D eigenvalue weighted by Crippen LogP contribution is -2.33. The van der Waals surface area contributed by atoms with Gasteiger partial charge in [0.05, 0.1) is 82.3 Å². The minimum absolute atomic E-state index is 0.0449. The maximum Gasteiger partial charge on any atom is 0.530 e. The van der Waals surface area contributed by atoms with Crippen molar-refractivity contribution in [3.8, 4) is 23.0 Å². The van der Waals surface area contributed by atoms with E-state index in [1.54, 1.807) is 51.1 Å². The summed E-state index contributed by atoms with van der Waals surface area (Å²) in [5, 5.41) is 31.0. The van der Waals surface area contributed by atoms with Crippen LogP contribution in [-0.2, 0) is 121 Å². The number of ether oxygens (including phenoxy) is 4. The van der Waals surface area contributed by atoms with E-state index in [1.807, 2.05) is 114 Å². The number of para-hydroxylation sites is 2. The molecule has 16 unspecified atom stereocenters. The summed E-state index contributed by atoms with van der Waals surface area (Å²) in [6.45, 7) is 29.2. The monoisotopic (exact) mass is 1920 g/mol. The zero-order chi connectivity index (χ0) is 95.6. The van der Waals surface area contributed by atoms with Crippen LogP contribution in [0.4, 0.5) is 13.2 Å². The number of nitrogens with one attached hydrogen (secondary N) is 4. The Morgan fingerprint density at radius 1 is 0.382 bits per heavy atom. The van der Waals surface area contributed by atoms with Crippen LogP contribution < -0.4 is 63.1 Å². The molecule has 0 amide bonds. The largest absolute Gasteiger partial charge is 0.530 e. The van der Waals surface area contributed by atoms with Crippen LogP contribution in [0.3, 0.4) is 0 Å². The van der Waals surface area contributed by atoms with Crippen molar-refractivity contribution in [1.82, 2.24) is 38.2 Å². The number of benzene rings is 4. The molecule has 0 aliphatic carbocycles. The average molecular weight is 1920 g/mol. The van der Waals surface area contributed by atoms with Crippen LogP contribution >= 0.6 is 31.3 Å². The molecule has 4 aromatic heterocycles. The standard InChI is InChI=1S/C25H33F2N2O7P.C25H34FN2O8P.C18H21N2O8P.C17H19N2O8P/c1-13-10-29(23(31)28-22(13)30)19-9-17(26)18(35-19)12-34-37(32)33-11-14-20(27)15(24(2,3)4)8-16(21(14)36-37)25(5,6)7;1-13-10-28(23(31)27-22(13)30)19-9-17(29)18(35-19)12-34-37(32)33-11-14-20(26)15(24(2,3)4)8-16(21(14)36-37)25(5,6)7;1-10-4-3-5-12-8-25-29(24,28-16(10)12)26-9-14-13(21)6-15(27-14)20-7-11(2)17(22)19-18(20)23;1-10-7-19(17(22)18-16(10)21)15-6-12(20)14(26-15)9-25-28(23)24-8-11-4-2-3-5-13(11)27-28/h8,10,17-19H,9,11-12H2,1-7H3,(H,28,30,31);8,10,17-19,29H,9,11-12H2,1-7H3,(H,27,30,31);3-5,7,13-15,21H,6,8-9H2,1-2H3,(H,19,22,23);2-5,7,12,14-15,20H,6,8-9H2,1H3,(H,18,21,22). The van der Waals surface area contributed by atoms with E-state index in [4.69, 9.17) is 73.2 Å². The first-order valence-corrected chi connectivity index (χ1v) is 47.8. The van der Waals surface area contributed by atoms with E-state index < -0.39 is 190 Å². The number of alkyl halides is 1. The number of hydrogen-bond donors (Lipinski definition) is 7. The average Bonchev–Trinajstić information content (AvgIpc) is 1.20. The van der Waals surface area contributed by atoms with Gasteiger partial charge in [-0.05, 0) is 91.2 Å². The van der Waals surface area contributed by atoms with Crippen LogP contribution in [-0.4, -0.2) is 129 Å². The highest BCUT2D eigenvalue weighted by Gasteiger charge is 2.49. The van der Waals surface area contributed by atoms with Crippen LogP contribution in [0.25, 0.3) is 0 Å². The minimum Gasteiger partial charge on any atom is -0.404 e. The van der Waals surface area contributed by atoms with E-state index in [0.29, 0.717) is 50.4 Å². The number of phosphoric acid groups is 4. The summed E-state index contributed by atoms with van der Waals surface area (Å²) >= 11 is 0. The summed E-state index contributed by atoms with van der Waals surface area (Å²) in [5.74, 6) is 0.148. The van der Waals surface area contributed by atoms with Gasteiger partial charge in [-0.3, -0.25) is 93.6 Å². The van der Waals surface area contributed by atoms with Gasteiger partial charge >= 0.3 is 54.0 Å². The topological polar surface area (TPSA) is 496 Å². The number of aliphatic hydroxyl groups is 3. The zero-order valence-corrected chi connectivity index (χ0v) is 78.5. The van der Waals surface area contributed by atoms with Gasteiger partial charge in [-0.2, -0.15) is 0 Å². The zero-order valence-electron chi connectivity index (χ0n) is 74.9. The molecule has 16 rings (SSSR count). The third-order valence-electron chi connectivity index (χ3n) is 22.6. The van der Waals surface area contributed by atoms with Gasteiger partial charge in [0.25, 0.3) is 22.2 Å². The predicted octanol–water partition coefficient (Wildman–Crippen LogP) is 11.7. The lowest BCUT2D eigenvalue weighted by molar-refractivity contribution is -0.0470. The van der Waals surface area contributed by atoms with E-state index >= 15 is 8.78 Å². The first kappa shape index (κ1) is 99.4. The summed E-state index contributed by atoms with van der Waals surface area (Å²) in [4.78, 5) is 103. The van der Waals surface area contributed by atoms with Crippen LogP contribution in [0.2, 0.25) is 0 Å². The Bertz CT molecular complexity index is 6190. The van der Waals surface area contributed by atoms with Gasteiger partial charge in [-0.1, -0.05) is 119 Å². The van der Waals surface area contributed by atoms with Crippen LogP contribution in [0.15, 0.2) is 118 Å². The number of aliphatic hydroxyl groups excluding tert-OH is 3. The molecule has 4 saturated heterocycles. The second-order valence-electron chi connectivity index (χ2n) is 36.9. The Morgan fingerprint density at radius 2 is 0.679 bits per heavy atom. The van der Waals surface area contributed by atoms with Crippen LogP contribution in [0.5, 0.6) is 23.0 Å². The number of aryl methyl sites for hydroxylation is 5. The maximum absolute atomic E-state index is 15.4. The Morgan fingerprint density at radius 3 is 1.04 bits per heavy atom. The Kier molecular flexibility index (Phi) is 29.1. The van der Waals surface area contributed by atoms with Crippen molar-refractivity contribution < 1.29 is 120 Å². The molecule has 0 saturated carbocycles. The number of nitrogens with zero attached hydrogens (tertiary/aromatic N) is 4. The molecule has 8 aliphatic rings. The summed E-state index contributed by atoms with van der Waals surface area (Å²) in [5.41, 5.74) is -0.394. The third-order valence-corrected chi connectivity index (χ3v) is 27.9. The lowest BCUT2D eigenvalue weighted by atomic mass is 9.78. The molecule has 4 fully saturated rings. The Labute approximate surface area is 747 Å². The molecule has 0 spiro atoms. The number of hydrogen-bond acceptors (Lipinski definition) is 31. The second kappa shape index (κ2) is 38.4. The van der Waals surface area contributed by atoms with Crippen LogP contribution in [0.1, 0.15) is 206 Å². The van der Waals surface area contributed by atoms with E-state index in [2.05, 4.69) is 19.9 Å². The number of phosphoric ester groups is 4. The molecule has 4 aromatic carbocycles. The fourth-order valence-electron chi connectivity index (χ4n) is 15.1. The molecular formula is C85H107F3N8O31P4. The van der Waals surface area contributed by atoms with Gasteiger partial charge in [0, 0.05) is 95.0 Å². The lowest BCUT2D eigenvalue weighted by Gasteiger charge is -2.33. The van der Waals surface area contributed by atoms with Crippen molar-refractivity contribution in [3.63, 3.8) is 0 Å². The summed E-state index contributed by atoms with van der Waals surface area (Å²) in [6.07, 6.45) is -6.33. The molecule has 8 aliphatic heterocycles. The van der Waals surface area contributed by atoms with E-state index in [1.165, 1.54) is 45.4 Å². The van der Waals surface area contributed by atoms with Crippen molar-refractivity contribution in [2.75, 3.05) is 26.4 Å². The third kappa shape index (κ3) is 22.5. The molecule has 46 heteroatoms. The molecular weight excluding hydrogens is 1810 g/mol. The molecule has 0 radical (unpaired) electrons. The summed E-state index contributed by atoms with van der Waals surface area (Å²) in [7, 11) is -16.2. The highest BCUT2D eigenvalue weighted by atomic mass is 31.2. The SMILES string of the molecule is Cc1cccc2c1OP(=O)(OCC1OC(n3cc(C)c(=O)[nH]c3=O)CC1O)OC2.Cc1cn(C2CC(F)C(COP3(=O)OCc4c(F)c(C(C)(C)C)cc(C(C)(C)C)c4O3)O2)c(=O)[nH]c1=O.Cc1cn(C2CC(O)C(COP3(=O)OCc4c(F)c(C(C)(C)C)cc(C(C)(C)C)c4O3)O2)c(=O)[nH]c1=O.Cc1cn(C2CC(O)C(COP3(=O)OCc4ccccc4O3)O2)c(=O)[nH]c1=O. The van der Waals surface area contributed by atoms with Gasteiger partial charge < -0.3 is 52.4 Å². The minimum atomic E-state index is -4.24. The van der Waals surface area contributed by atoms with Crippen molar-refractivity contribution in [1.29, 1.82) is 0 Å². The molecule has 12 heterocycles. The summed E-state index contributed by atoms with van der Waals surface area (Å²) in [6, 6.07) is 15.9. The smallest absolute Gasteiger partial charge is 0.404 e. The number of H-pyrrole nitrogens is 4. The highest BCUT2D eigenvalue weighted by molar-refractivity contribution is 7.49. The maximum atomic E-state index is 15.4. The molecule has 39 nitrogen and oxygen atoms in total. The number of halogens is 3. The van der Waals surface area contributed by atoms with Gasteiger partial charge in [0.2, 0.25) is 0 Å². The Balaban J connectivity index is 0.000000150. The van der Waals surface area contributed by atoms with Crippen molar-refractivity contribution >= 4 is 31.3 Å². The fourth-order valence-corrected chi connectivity index (χ4v) is 20.1. The predicted molar refractivity (Wildman–Crippen MR) is 462 cm³/mol. The van der Waals surface area contributed by atoms with E-state index in [-0.39, 0.29) is 100 Å². The summed E-state index contributed by atoms with van der Waals surface area (Å²) < 4.78 is 190. The molecule has 7 N–H and O–H groups in total. The second-order valence-corrected chi connectivity index (χ2v) is 43.3. The van der Waals surface area contributed by atoms with Gasteiger partial charge in [0.15, 0.2) is 0 Å². The first-order valence-electron chi connectivity index (χ1n) is 41.9. The number of aromatic amines is 4. The number of rotatable bonds is 16. The number of fused-ring (bicyclic) bond motifs is 4. The van der Waals surface area contributed by atoms with Crippen LogP contribution in [0, 0.1) is 46.3 Å². The molecule has 0 bridgehead atoms. The first-order chi connectivity index (χ1) is 61.1. The molecule has 714 valence electrons. The quantitative estimate of drug-likeness (QED) is 0.0442. The highest BCUT2D eigenvalue weighted by Crippen LogP contribution is 2.62. The van der Waals surface area contributed by atoms with Crippen molar-refractivity contribution in [2.24, 2.45) is 0 Å². The van der Waals surface area contributed by atoms with Gasteiger partial charge in [-0.25, -0.2) is 50.6 Å². The fraction of sp³-hybridized carbons (Fsp3) is 0.529. The normalized spacial score (nSPS) is 27.4. The number of aromatic nitrogens is 8. The van der Waals surface area contributed by atoms with Crippen molar-refractivity contribution in [3.05, 3.63) is 247 Å².